The number of hydrogen-bond donors (Lipinski definition) is 2. The third-order valence-electron chi connectivity index (χ3n) is 6.28. The molecular formula is C25H37N3O5. The number of phenols is 1. The van der Waals surface area contributed by atoms with E-state index in [0.717, 1.165) is 31.7 Å². The summed E-state index contributed by atoms with van der Waals surface area (Å²) in [6.07, 6.45) is 0.752. The zero-order chi connectivity index (χ0) is 24.0. The van der Waals surface area contributed by atoms with E-state index < -0.39 is 18.2 Å². The zero-order valence-corrected chi connectivity index (χ0v) is 20.0. The molecule has 2 N–H and O–H groups in total. The lowest BCUT2D eigenvalue weighted by Crippen LogP contribution is -2.51. The first-order chi connectivity index (χ1) is 15.7. The number of rotatable bonds is 12. The molecule has 8 heteroatoms. The Morgan fingerprint density at radius 2 is 1.76 bits per heavy atom. The number of ketones is 2. The lowest BCUT2D eigenvalue weighted by molar-refractivity contribution is -0.129. The molecule has 3 rings (SSSR count). The molecule has 182 valence electrons. The van der Waals surface area contributed by atoms with Gasteiger partial charge in [0.1, 0.15) is 5.75 Å². The smallest absolute Gasteiger partial charge is 0.252 e. The Hall–Kier alpha value is -2.29. The molecule has 2 heterocycles. The van der Waals surface area contributed by atoms with Crippen LogP contribution in [0.3, 0.4) is 0 Å². The average Bonchev–Trinajstić information content (AvgIpc) is 3.57. The average molecular weight is 460 g/mol. The van der Waals surface area contributed by atoms with Crippen LogP contribution in [0.15, 0.2) is 24.3 Å². The fourth-order valence-corrected chi connectivity index (χ4v) is 4.16. The molecule has 33 heavy (non-hydrogen) atoms. The molecule has 0 spiro atoms. The maximum atomic E-state index is 12.9. The maximum Gasteiger partial charge on any atom is 0.252 e. The third-order valence-corrected chi connectivity index (χ3v) is 6.28. The summed E-state index contributed by atoms with van der Waals surface area (Å²) in [4.78, 5) is 42.4. The molecule has 2 saturated heterocycles. The number of hydrogen-bond acceptors (Lipinski definition) is 7. The standard InChI is InChI=1S/C25H37N3O5/c1-17(2)15-20(22(31)16-28-13-11-27(3)12-14-28)26-25(32)24-23(33-24)21(30)6-4-5-18-7-9-19(29)10-8-18/h7-10,17,20,23-24,29H,4-6,11-16H2,1-3H3,(H,26,32)/t20-,23?,24?/m0/s1. The van der Waals surface area contributed by atoms with Crippen LogP contribution in [0.2, 0.25) is 0 Å². The van der Waals surface area contributed by atoms with Gasteiger partial charge in [-0.25, -0.2) is 0 Å². The van der Waals surface area contributed by atoms with Gasteiger partial charge in [-0.05, 0) is 49.9 Å². The van der Waals surface area contributed by atoms with Crippen molar-refractivity contribution in [3.05, 3.63) is 29.8 Å². The molecule has 0 aromatic heterocycles. The van der Waals surface area contributed by atoms with Gasteiger partial charge in [-0.1, -0.05) is 26.0 Å². The number of ether oxygens (including phenoxy) is 1. The number of epoxide rings is 1. The van der Waals surface area contributed by atoms with E-state index in [1.54, 1.807) is 12.1 Å². The van der Waals surface area contributed by atoms with Crippen LogP contribution in [-0.2, 0) is 25.5 Å². The van der Waals surface area contributed by atoms with Crippen LogP contribution in [-0.4, -0.2) is 90.4 Å². The first kappa shape index (κ1) is 25.3. The molecule has 8 nitrogen and oxygen atoms in total. The normalized spacial score (nSPS) is 22.2. The highest BCUT2D eigenvalue weighted by molar-refractivity contribution is 5.98. The molecule has 2 aliphatic rings. The SMILES string of the molecule is CC(C)C[C@H](NC(=O)C1OC1C(=O)CCCc1ccc(O)cc1)C(=O)CN1CCN(C)CC1. The van der Waals surface area contributed by atoms with Gasteiger partial charge in [0.25, 0.3) is 5.91 Å². The van der Waals surface area contributed by atoms with Crippen LogP contribution in [0.1, 0.15) is 38.7 Å². The van der Waals surface area contributed by atoms with Crippen molar-refractivity contribution in [2.24, 2.45) is 5.92 Å². The number of aryl methyl sites for hydroxylation is 1. The van der Waals surface area contributed by atoms with Gasteiger partial charge in [0.15, 0.2) is 23.8 Å². The van der Waals surface area contributed by atoms with Crippen LogP contribution in [0.25, 0.3) is 0 Å². The number of carbonyl (C=O) groups is 3. The Balaban J connectivity index is 1.43. The summed E-state index contributed by atoms with van der Waals surface area (Å²) in [5.74, 6) is 0.0263. The van der Waals surface area contributed by atoms with Crippen molar-refractivity contribution in [1.29, 1.82) is 0 Å². The van der Waals surface area contributed by atoms with Gasteiger partial charge < -0.3 is 20.1 Å². The van der Waals surface area contributed by atoms with Crippen molar-refractivity contribution in [3.8, 4) is 5.75 Å². The molecule has 1 aromatic carbocycles. The van der Waals surface area contributed by atoms with E-state index in [4.69, 9.17) is 4.74 Å². The quantitative estimate of drug-likeness (QED) is 0.456. The number of likely N-dealkylation sites (N-methyl/N-ethyl adjacent to an activating group) is 1. The van der Waals surface area contributed by atoms with Crippen molar-refractivity contribution in [2.45, 2.75) is 57.8 Å². The van der Waals surface area contributed by atoms with Crippen LogP contribution in [0.5, 0.6) is 5.75 Å². The number of aromatic hydroxyl groups is 1. The lowest BCUT2D eigenvalue weighted by Gasteiger charge is -2.32. The molecule has 3 atom stereocenters. The summed E-state index contributed by atoms with van der Waals surface area (Å²) in [7, 11) is 2.07. The van der Waals surface area contributed by atoms with E-state index in [9.17, 15) is 19.5 Å². The van der Waals surface area contributed by atoms with E-state index in [2.05, 4.69) is 22.2 Å². The predicted molar refractivity (Wildman–Crippen MR) is 125 cm³/mol. The molecule has 2 fully saturated rings. The van der Waals surface area contributed by atoms with Crippen molar-refractivity contribution in [3.63, 3.8) is 0 Å². The minimum Gasteiger partial charge on any atom is -0.508 e. The molecule has 0 bridgehead atoms. The Labute approximate surface area is 196 Å². The number of benzene rings is 1. The van der Waals surface area contributed by atoms with Crippen LogP contribution in [0, 0.1) is 5.92 Å². The second-order valence-corrected chi connectivity index (χ2v) is 9.70. The largest absolute Gasteiger partial charge is 0.508 e. The van der Waals surface area contributed by atoms with Gasteiger partial charge >= 0.3 is 0 Å². The second kappa shape index (κ2) is 11.7. The highest BCUT2D eigenvalue weighted by atomic mass is 16.6. The number of amides is 1. The summed E-state index contributed by atoms with van der Waals surface area (Å²) in [6.45, 7) is 7.93. The zero-order valence-electron chi connectivity index (χ0n) is 20.0. The summed E-state index contributed by atoms with van der Waals surface area (Å²) in [5, 5.41) is 12.2. The van der Waals surface area contributed by atoms with Crippen molar-refractivity contribution >= 4 is 17.5 Å². The van der Waals surface area contributed by atoms with Crippen LogP contribution < -0.4 is 5.32 Å². The van der Waals surface area contributed by atoms with Gasteiger partial charge in [-0.15, -0.1) is 0 Å². The summed E-state index contributed by atoms with van der Waals surface area (Å²) < 4.78 is 5.38. The Kier molecular flexibility index (Phi) is 9.00. The first-order valence-electron chi connectivity index (χ1n) is 11.9. The highest BCUT2D eigenvalue weighted by Gasteiger charge is 2.50. The van der Waals surface area contributed by atoms with E-state index in [1.165, 1.54) is 0 Å². The van der Waals surface area contributed by atoms with Crippen LogP contribution in [0.4, 0.5) is 0 Å². The van der Waals surface area contributed by atoms with Gasteiger partial charge in [0.2, 0.25) is 0 Å². The topological polar surface area (TPSA) is 102 Å². The number of Topliss-reactive ketones (excluding diaryl/α,β-unsaturated/α-hetero) is 2. The predicted octanol–water partition coefficient (Wildman–Crippen LogP) is 1.40. The summed E-state index contributed by atoms with van der Waals surface area (Å²) >= 11 is 0. The van der Waals surface area contributed by atoms with E-state index in [0.29, 0.717) is 32.2 Å². The molecule has 0 saturated carbocycles. The summed E-state index contributed by atoms with van der Waals surface area (Å²) in [6, 6.07) is 6.35. The molecule has 0 aliphatic carbocycles. The number of piperazine rings is 1. The molecular weight excluding hydrogens is 422 g/mol. The van der Waals surface area contributed by atoms with Gasteiger partial charge in [0, 0.05) is 32.6 Å². The fourth-order valence-electron chi connectivity index (χ4n) is 4.16. The molecule has 1 amide bonds. The van der Waals surface area contributed by atoms with E-state index in [-0.39, 0.29) is 29.1 Å². The van der Waals surface area contributed by atoms with Gasteiger partial charge in [0.05, 0.1) is 12.6 Å². The highest BCUT2D eigenvalue weighted by Crippen LogP contribution is 2.26. The molecule has 2 aliphatic heterocycles. The van der Waals surface area contributed by atoms with Gasteiger partial charge in [-0.2, -0.15) is 0 Å². The van der Waals surface area contributed by atoms with Crippen molar-refractivity contribution < 1.29 is 24.2 Å². The van der Waals surface area contributed by atoms with Crippen molar-refractivity contribution in [1.82, 2.24) is 15.1 Å². The Morgan fingerprint density at radius 1 is 1.09 bits per heavy atom. The lowest BCUT2D eigenvalue weighted by atomic mass is 9.99. The monoisotopic (exact) mass is 459 g/mol. The number of nitrogens with zero attached hydrogens (tertiary/aromatic N) is 2. The third kappa shape index (κ3) is 7.91. The first-order valence-corrected chi connectivity index (χ1v) is 11.9. The van der Waals surface area contributed by atoms with E-state index >= 15 is 0 Å². The number of phenolic OH excluding ortho intramolecular Hbond substituents is 1. The van der Waals surface area contributed by atoms with E-state index in [1.807, 2.05) is 26.0 Å². The minimum atomic E-state index is -0.794. The number of nitrogens with one attached hydrogen (secondary N) is 1. The Morgan fingerprint density at radius 3 is 2.39 bits per heavy atom. The maximum absolute atomic E-state index is 12.9. The van der Waals surface area contributed by atoms with Crippen molar-refractivity contribution in [2.75, 3.05) is 39.8 Å². The van der Waals surface area contributed by atoms with Gasteiger partial charge in [-0.3, -0.25) is 19.3 Å². The Bertz CT molecular complexity index is 818. The summed E-state index contributed by atoms with van der Waals surface area (Å²) in [5.41, 5.74) is 1.04. The van der Waals surface area contributed by atoms with Crippen LogP contribution >= 0.6 is 0 Å². The minimum absolute atomic E-state index is 0.0130. The molecule has 1 aromatic rings. The fraction of sp³-hybridized carbons (Fsp3) is 0.640. The molecule has 2 unspecified atom stereocenters. The molecule has 0 radical (unpaired) electrons. The second-order valence-electron chi connectivity index (χ2n) is 9.70. The number of carbonyl (C=O) groups excluding carboxylic acids is 3.